The Morgan fingerprint density at radius 2 is 2.11 bits per heavy atom. The van der Waals surface area contributed by atoms with E-state index in [1.807, 2.05) is 6.92 Å². The van der Waals surface area contributed by atoms with Gasteiger partial charge in [-0.05, 0) is 51.8 Å². The Morgan fingerprint density at radius 3 is 2.63 bits per heavy atom. The molecule has 0 radical (unpaired) electrons. The van der Waals surface area contributed by atoms with Gasteiger partial charge >= 0.3 is 6.09 Å². The number of nitrogens with one attached hydrogen (secondary N) is 1. The molecule has 0 bridgehead atoms. The molecule has 0 aromatic heterocycles. The van der Waals surface area contributed by atoms with Gasteiger partial charge in [0.15, 0.2) is 0 Å². The summed E-state index contributed by atoms with van der Waals surface area (Å²) in [5.74, 6) is -0.285. The summed E-state index contributed by atoms with van der Waals surface area (Å²) in [6, 6.07) is 4.69. The van der Waals surface area contributed by atoms with Crippen LogP contribution in [0.15, 0.2) is 22.7 Å². The van der Waals surface area contributed by atoms with Gasteiger partial charge in [-0.2, -0.15) is 0 Å². The second-order valence-electron chi connectivity index (χ2n) is 5.49. The van der Waals surface area contributed by atoms with E-state index < -0.39 is 11.7 Å². The Balaban J connectivity index is 2.55. The monoisotopic (exact) mass is 331 g/mol. The largest absolute Gasteiger partial charge is 0.444 e. The molecule has 19 heavy (non-hydrogen) atoms. The smallest absolute Gasteiger partial charge is 0.407 e. The molecule has 1 N–H and O–H groups in total. The summed E-state index contributed by atoms with van der Waals surface area (Å²) in [6.07, 6.45) is -0.0734. The highest BCUT2D eigenvalue weighted by molar-refractivity contribution is 9.10. The standard InChI is InChI=1S/C14H19BrFNO2/c1-9(17-13(18)19-14(2,3)4)7-10-5-6-11(15)8-12(10)16/h5-6,8-9H,7H2,1-4H3,(H,17,18). The maximum absolute atomic E-state index is 13.6. The maximum Gasteiger partial charge on any atom is 0.407 e. The van der Waals surface area contributed by atoms with Crippen LogP contribution in [0, 0.1) is 5.82 Å². The minimum Gasteiger partial charge on any atom is -0.444 e. The van der Waals surface area contributed by atoms with E-state index >= 15 is 0 Å². The molecule has 1 aromatic rings. The minimum absolute atomic E-state index is 0.203. The van der Waals surface area contributed by atoms with E-state index in [9.17, 15) is 9.18 Å². The van der Waals surface area contributed by atoms with Gasteiger partial charge in [0.2, 0.25) is 0 Å². The molecule has 0 aliphatic rings. The van der Waals surface area contributed by atoms with Crippen molar-refractivity contribution in [3.8, 4) is 0 Å². The zero-order valence-corrected chi connectivity index (χ0v) is 13.2. The fourth-order valence-electron chi connectivity index (χ4n) is 1.58. The number of ether oxygens (including phenoxy) is 1. The molecule has 0 saturated carbocycles. The average molecular weight is 332 g/mol. The summed E-state index contributed by atoms with van der Waals surface area (Å²) >= 11 is 3.21. The number of carbonyl (C=O) groups is 1. The third-order valence-corrected chi connectivity index (χ3v) is 2.80. The van der Waals surface area contributed by atoms with Gasteiger partial charge in [0, 0.05) is 10.5 Å². The van der Waals surface area contributed by atoms with Gasteiger partial charge in [-0.15, -0.1) is 0 Å². The molecule has 1 aromatic carbocycles. The molecular formula is C14H19BrFNO2. The van der Waals surface area contributed by atoms with Crippen LogP contribution < -0.4 is 5.32 Å². The number of hydrogen-bond acceptors (Lipinski definition) is 2. The normalized spacial score (nSPS) is 12.9. The Labute approximate surface area is 121 Å². The maximum atomic E-state index is 13.6. The SMILES string of the molecule is CC(Cc1ccc(Br)cc1F)NC(=O)OC(C)(C)C. The van der Waals surface area contributed by atoms with Gasteiger partial charge in [-0.3, -0.25) is 0 Å². The number of alkyl carbamates (subject to hydrolysis) is 1. The van der Waals surface area contributed by atoms with Crippen molar-refractivity contribution < 1.29 is 13.9 Å². The van der Waals surface area contributed by atoms with Gasteiger partial charge < -0.3 is 10.1 Å². The number of hydrogen-bond donors (Lipinski definition) is 1. The quantitative estimate of drug-likeness (QED) is 0.907. The topological polar surface area (TPSA) is 38.3 Å². The number of amides is 1. The van der Waals surface area contributed by atoms with E-state index in [2.05, 4.69) is 21.2 Å². The fourth-order valence-corrected chi connectivity index (χ4v) is 1.91. The first-order valence-corrected chi connectivity index (χ1v) is 6.90. The van der Waals surface area contributed by atoms with Crippen molar-refractivity contribution >= 4 is 22.0 Å². The van der Waals surface area contributed by atoms with Crippen LogP contribution in [0.4, 0.5) is 9.18 Å². The molecule has 0 aliphatic carbocycles. The average Bonchev–Trinajstić information content (AvgIpc) is 2.19. The van der Waals surface area contributed by atoms with Crippen molar-refractivity contribution in [1.82, 2.24) is 5.32 Å². The zero-order valence-electron chi connectivity index (χ0n) is 11.6. The second kappa shape index (κ2) is 6.37. The molecule has 1 unspecified atom stereocenters. The van der Waals surface area contributed by atoms with Crippen molar-refractivity contribution in [1.29, 1.82) is 0 Å². The van der Waals surface area contributed by atoms with Gasteiger partial charge in [0.1, 0.15) is 11.4 Å². The van der Waals surface area contributed by atoms with Crippen LogP contribution in [-0.4, -0.2) is 17.7 Å². The first-order chi connectivity index (χ1) is 8.67. The summed E-state index contributed by atoms with van der Waals surface area (Å²) in [5.41, 5.74) is 0.0268. The highest BCUT2D eigenvalue weighted by Gasteiger charge is 2.18. The molecule has 0 aliphatic heterocycles. The Morgan fingerprint density at radius 1 is 1.47 bits per heavy atom. The van der Waals surface area contributed by atoms with Crippen LogP contribution in [-0.2, 0) is 11.2 Å². The molecule has 1 amide bonds. The van der Waals surface area contributed by atoms with Crippen LogP contribution >= 0.6 is 15.9 Å². The number of rotatable bonds is 3. The number of carbonyl (C=O) groups excluding carboxylic acids is 1. The molecule has 3 nitrogen and oxygen atoms in total. The van der Waals surface area contributed by atoms with E-state index in [4.69, 9.17) is 4.74 Å². The summed E-state index contributed by atoms with van der Waals surface area (Å²) in [6.45, 7) is 7.20. The molecule has 0 spiro atoms. The molecule has 1 atom stereocenters. The lowest BCUT2D eigenvalue weighted by atomic mass is 10.1. The van der Waals surface area contributed by atoms with Gasteiger partial charge in [0.25, 0.3) is 0 Å². The molecular weight excluding hydrogens is 313 g/mol. The highest BCUT2D eigenvalue weighted by atomic mass is 79.9. The molecule has 0 heterocycles. The van der Waals surface area contributed by atoms with Crippen LogP contribution in [0.25, 0.3) is 0 Å². The molecule has 5 heteroatoms. The number of halogens is 2. The number of benzene rings is 1. The van der Waals surface area contributed by atoms with Crippen LogP contribution in [0.3, 0.4) is 0 Å². The molecule has 0 saturated heterocycles. The van der Waals surface area contributed by atoms with Crippen molar-refractivity contribution in [3.63, 3.8) is 0 Å². The summed E-state index contributed by atoms with van der Waals surface area (Å²) in [4.78, 5) is 11.6. The first-order valence-electron chi connectivity index (χ1n) is 6.11. The lowest BCUT2D eigenvalue weighted by Gasteiger charge is -2.22. The zero-order chi connectivity index (χ0) is 14.6. The second-order valence-corrected chi connectivity index (χ2v) is 6.40. The Hall–Kier alpha value is -1.10. The van der Waals surface area contributed by atoms with E-state index in [1.165, 1.54) is 6.07 Å². The predicted octanol–water partition coefficient (Wildman–Crippen LogP) is 4.04. The predicted molar refractivity (Wildman–Crippen MR) is 76.6 cm³/mol. The molecule has 0 fully saturated rings. The van der Waals surface area contributed by atoms with Gasteiger partial charge in [0.05, 0.1) is 0 Å². The van der Waals surface area contributed by atoms with Gasteiger partial charge in [-0.25, -0.2) is 9.18 Å². The van der Waals surface area contributed by atoms with Gasteiger partial charge in [-0.1, -0.05) is 22.0 Å². The van der Waals surface area contributed by atoms with E-state index in [0.29, 0.717) is 16.5 Å². The van der Waals surface area contributed by atoms with Crippen molar-refractivity contribution in [2.45, 2.75) is 45.8 Å². The van der Waals surface area contributed by atoms with E-state index in [0.717, 1.165) is 0 Å². The summed E-state index contributed by atoms with van der Waals surface area (Å²) < 4.78 is 19.5. The Bertz CT molecular complexity index is 457. The summed E-state index contributed by atoms with van der Waals surface area (Å²) in [7, 11) is 0. The van der Waals surface area contributed by atoms with E-state index in [-0.39, 0.29) is 11.9 Å². The molecule has 1 rings (SSSR count). The third kappa shape index (κ3) is 6.05. The van der Waals surface area contributed by atoms with Crippen molar-refractivity contribution in [2.24, 2.45) is 0 Å². The Kier molecular flexibility index (Phi) is 5.35. The lowest BCUT2D eigenvalue weighted by molar-refractivity contribution is 0.0508. The highest BCUT2D eigenvalue weighted by Crippen LogP contribution is 2.16. The fraction of sp³-hybridized carbons (Fsp3) is 0.500. The van der Waals surface area contributed by atoms with Crippen LogP contribution in [0.5, 0.6) is 0 Å². The van der Waals surface area contributed by atoms with Crippen LogP contribution in [0.2, 0.25) is 0 Å². The van der Waals surface area contributed by atoms with E-state index in [1.54, 1.807) is 32.9 Å². The summed E-state index contributed by atoms with van der Waals surface area (Å²) in [5, 5.41) is 2.69. The minimum atomic E-state index is -0.535. The lowest BCUT2D eigenvalue weighted by Crippen LogP contribution is -2.38. The van der Waals surface area contributed by atoms with Crippen molar-refractivity contribution in [2.75, 3.05) is 0 Å². The van der Waals surface area contributed by atoms with Crippen molar-refractivity contribution in [3.05, 3.63) is 34.1 Å². The third-order valence-electron chi connectivity index (χ3n) is 2.30. The van der Waals surface area contributed by atoms with Crippen LogP contribution in [0.1, 0.15) is 33.3 Å². The molecule has 106 valence electrons. The first kappa shape index (κ1) is 16.0.